The van der Waals surface area contributed by atoms with Crippen LogP contribution in [0.4, 0.5) is 11.6 Å². The molecule has 28 heavy (non-hydrogen) atoms. The van der Waals surface area contributed by atoms with Crippen LogP contribution in [-0.2, 0) is 4.79 Å². The number of benzene rings is 1. The zero-order chi connectivity index (χ0) is 19.3. The minimum Gasteiger partial charge on any atom is -0.353 e. The van der Waals surface area contributed by atoms with Crippen molar-refractivity contribution in [1.29, 1.82) is 0 Å². The van der Waals surface area contributed by atoms with Gasteiger partial charge in [-0.15, -0.1) is 0 Å². The van der Waals surface area contributed by atoms with Crippen molar-refractivity contribution < 1.29 is 4.79 Å². The van der Waals surface area contributed by atoms with Crippen molar-refractivity contribution >= 4 is 28.6 Å². The largest absolute Gasteiger partial charge is 0.353 e. The minimum absolute atomic E-state index is 0.252. The predicted molar refractivity (Wildman–Crippen MR) is 110 cm³/mol. The summed E-state index contributed by atoms with van der Waals surface area (Å²) in [6, 6.07) is 7.86. The quantitative estimate of drug-likeness (QED) is 0.571. The van der Waals surface area contributed by atoms with E-state index in [0.29, 0.717) is 17.7 Å². The second-order valence-electron chi connectivity index (χ2n) is 6.78. The van der Waals surface area contributed by atoms with Gasteiger partial charge in [-0.1, -0.05) is 13.0 Å². The highest BCUT2D eigenvalue weighted by atomic mass is 16.1. The molecule has 1 aliphatic rings. The van der Waals surface area contributed by atoms with Crippen LogP contribution in [0.2, 0.25) is 0 Å². The van der Waals surface area contributed by atoms with E-state index in [2.05, 4.69) is 37.5 Å². The van der Waals surface area contributed by atoms with E-state index in [0.717, 1.165) is 29.9 Å². The van der Waals surface area contributed by atoms with Crippen molar-refractivity contribution in [3.8, 4) is 5.82 Å². The first-order valence-corrected chi connectivity index (χ1v) is 9.44. The Morgan fingerprint density at radius 1 is 1.32 bits per heavy atom. The Balaban J connectivity index is 1.52. The number of rotatable bonds is 6. The molecule has 3 heterocycles. The standard InChI is InChI=1S/C20H23N7O/c1-2-19(28)25-14-6-7-17-16(11-14)24-13-27(17)18-8-10-22-20(26-18)23-12-15-5-3-4-9-21-15/h2,6-8,10-11,13,15,21H,1,3-5,9,12H2,(H,25,28)(H,22,23,26). The number of nitrogens with one attached hydrogen (secondary N) is 3. The zero-order valence-electron chi connectivity index (χ0n) is 15.6. The number of amides is 1. The number of carbonyl (C=O) groups is 1. The van der Waals surface area contributed by atoms with E-state index >= 15 is 0 Å². The third-order valence-corrected chi connectivity index (χ3v) is 4.81. The maximum Gasteiger partial charge on any atom is 0.247 e. The highest BCUT2D eigenvalue weighted by Gasteiger charge is 2.13. The van der Waals surface area contributed by atoms with E-state index in [-0.39, 0.29) is 5.91 Å². The molecule has 1 amide bonds. The van der Waals surface area contributed by atoms with Gasteiger partial charge in [0.25, 0.3) is 0 Å². The molecule has 1 atom stereocenters. The van der Waals surface area contributed by atoms with Gasteiger partial charge in [0.2, 0.25) is 11.9 Å². The lowest BCUT2D eigenvalue weighted by molar-refractivity contribution is -0.111. The topological polar surface area (TPSA) is 96.8 Å². The van der Waals surface area contributed by atoms with Crippen LogP contribution in [0, 0.1) is 0 Å². The summed E-state index contributed by atoms with van der Waals surface area (Å²) in [5.41, 5.74) is 2.34. The fourth-order valence-electron chi connectivity index (χ4n) is 3.35. The normalized spacial score (nSPS) is 16.6. The summed E-state index contributed by atoms with van der Waals surface area (Å²) in [4.78, 5) is 24.9. The molecule has 0 bridgehead atoms. The highest BCUT2D eigenvalue weighted by Crippen LogP contribution is 2.21. The van der Waals surface area contributed by atoms with Crippen LogP contribution < -0.4 is 16.0 Å². The SMILES string of the molecule is C=CC(=O)Nc1ccc2c(c1)ncn2-c1ccnc(NCC2CCCCN2)n1. The van der Waals surface area contributed by atoms with Gasteiger partial charge in [-0.2, -0.15) is 4.98 Å². The number of hydrogen-bond donors (Lipinski definition) is 3. The van der Waals surface area contributed by atoms with Gasteiger partial charge < -0.3 is 16.0 Å². The van der Waals surface area contributed by atoms with Gasteiger partial charge in [0.05, 0.1) is 11.0 Å². The van der Waals surface area contributed by atoms with Crippen LogP contribution in [0.5, 0.6) is 0 Å². The lowest BCUT2D eigenvalue weighted by atomic mass is 10.1. The fourth-order valence-corrected chi connectivity index (χ4v) is 3.35. The van der Waals surface area contributed by atoms with Gasteiger partial charge in [0, 0.05) is 24.5 Å². The molecule has 1 aromatic carbocycles. The molecule has 2 aromatic heterocycles. The third kappa shape index (κ3) is 4.01. The van der Waals surface area contributed by atoms with E-state index in [9.17, 15) is 4.79 Å². The summed E-state index contributed by atoms with van der Waals surface area (Å²) in [5.74, 6) is 1.08. The molecular weight excluding hydrogens is 354 g/mol. The Morgan fingerprint density at radius 3 is 3.07 bits per heavy atom. The van der Waals surface area contributed by atoms with Crippen LogP contribution >= 0.6 is 0 Å². The third-order valence-electron chi connectivity index (χ3n) is 4.81. The van der Waals surface area contributed by atoms with Crippen LogP contribution in [0.25, 0.3) is 16.9 Å². The maximum absolute atomic E-state index is 11.5. The van der Waals surface area contributed by atoms with Gasteiger partial charge in [0.1, 0.15) is 12.1 Å². The molecule has 3 aromatic rings. The molecule has 0 radical (unpaired) electrons. The molecular formula is C20H23N7O. The summed E-state index contributed by atoms with van der Waals surface area (Å²) < 4.78 is 1.90. The molecule has 8 heteroatoms. The van der Waals surface area contributed by atoms with Crippen LogP contribution in [-0.4, -0.2) is 44.6 Å². The monoisotopic (exact) mass is 377 g/mol. The Bertz CT molecular complexity index is 991. The van der Waals surface area contributed by atoms with E-state index in [1.54, 1.807) is 12.5 Å². The number of aromatic nitrogens is 4. The number of nitrogens with zero attached hydrogens (tertiary/aromatic N) is 4. The molecule has 0 aliphatic carbocycles. The minimum atomic E-state index is -0.252. The second-order valence-corrected chi connectivity index (χ2v) is 6.78. The summed E-state index contributed by atoms with van der Waals surface area (Å²) in [7, 11) is 0. The van der Waals surface area contributed by atoms with Gasteiger partial charge in [-0.25, -0.2) is 9.97 Å². The van der Waals surface area contributed by atoms with Crippen LogP contribution in [0.1, 0.15) is 19.3 Å². The first-order chi connectivity index (χ1) is 13.7. The van der Waals surface area contributed by atoms with Gasteiger partial charge in [0.15, 0.2) is 0 Å². The fraction of sp³-hybridized carbons (Fsp3) is 0.300. The van der Waals surface area contributed by atoms with Crippen LogP contribution in [0.15, 0.2) is 49.4 Å². The zero-order valence-corrected chi connectivity index (χ0v) is 15.6. The molecule has 8 nitrogen and oxygen atoms in total. The Hall–Kier alpha value is -3.26. The molecule has 4 rings (SSSR count). The summed E-state index contributed by atoms with van der Waals surface area (Å²) in [6.07, 6.45) is 8.37. The average Bonchev–Trinajstić information content (AvgIpc) is 3.16. The maximum atomic E-state index is 11.5. The number of fused-ring (bicyclic) bond motifs is 1. The van der Waals surface area contributed by atoms with Crippen molar-refractivity contribution in [2.45, 2.75) is 25.3 Å². The molecule has 1 fully saturated rings. The average molecular weight is 377 g/mol. The summed E-state index contributed by atoms with van der Waals surface area (Å²) >= 11 is 0. The predicted octanol–water partition coefficient (Wildman–Crippen LogP) is 2.49. The molecule has 0 spiro atoms. The molecule has 0 saturated carbocycles. The van der Waals surface area contributed by atoms with E-state index in [1.807, 2.05) is 28.8 Å². The Labute approximate surface area is 163 Å². The van der Waals surface area contributed by atoms with Crippen molar-refractivity contribution in [2.75, 3.05) is 23.7 Å². The molecule has 144 valence electrons. The number of anilines is 2. The summed E-state index contributed by atoms with van der Waals surface area (Å²) in [6.45, 7) is 5.34. The van der Waals surface area contributed by atoms with E-state index in [1.165, 1.54) is 25.3 Å². The van der Waals surface area contributed by atoms with Gasteiger partial charge >= 0.3 is 0 Å². The molecule has 1 aliphatic heterocycles. The second kappa shape index (κ2) is 8.18. The van der Waals surface area contributed by atoms with Crippen molar-refractivity contribution in [2.24, 2.45) is 0 Å². The van der Waals surface area contributed by atoms with Gasteiger partial charge in [-0.05, 0) is 49.7 Å². The molecule has 3 N–H and O–H groups in total. The van der Waals surface area contributed by atoms with Crippen LogP contribution in [0.3, 0.4) is 0 Å². The highest BCUT2D eigenvalue weighted by molar-refractivity contribution is 6.00. The smallest absolute Gasteiger partial charge is 0.247 e. The van der Waals surface area contributed by atoms with Gasteiger partial charge in [-0.3, -0.25) is 9.36 Å². The summed E-state index contributed by atoms with van der Waals surface area (Å²) in [5, 5.41) is 9.58. The lowest BCUT2D eigenvalue weighted by Gasteiger charge is -2.23. The number of piperidine rings is 1. The number of hydrogen-bond acceptors (Lipinski definition) is 6. The Kier molecular flexibility index (Phi) is 5.29. The number of carbonyl (C=O) groups excluding carboxylic acids is 1. The molecule has 1 unspecified atom stereocenters. The van der Waals surface area contributed by atoms with Crippen molar-refractivity contribution in [3.05, 3.63) is 49.4 Å². The van der Waals surface area contributed by atoms with E-state index in [4.69, 9.17) is 0 Å². The van der Waals surface area contributed by atoms with E-state index < -0.39 is 0 Å². The number of imidazole rings is 1. The van der Waals surface area contributed by atoms with Crippen molar-refractivity contribution in [3.63, 3.8) is 0 Å². The lowest BCUT2D eigenvalue weighted by Crippen LogP contribution is -2.39. The Morgan fingerprint density at radius 2 is 2.25 bits per heavy atom. The first-order valence-electron chi connectivity index (χ1n) is 9.44. The van der Waals surface area contributed by atoms with Crippen molar-refractivity contribution in [1.82, 2.24) is 24.8 Å². The first kappa shape index (κ1) is 18.1. The molecule has 1 saturated heterocycles.